The van der Waals surface area contributed by atoms with E-state index in [1.807, 2.05) is 18.2 Å². The lowest BCUT2D eigenvalue weighted by Crippen LogP contribution is -2.07. The maximum absolute atomic E-state index is 12.0. The molecule has 0 aliphatic rings. The molecular weight excluding hydrogens is 378 g/mol. The van der Waals surface area contributed by atoms with Gasteiger partial charge in [-0.2, -0.15) is 0 Å². The Bertz CT molecular complexity index is 700. The molecule has 0 aliphatic carbocycles. The van der Waals surface area contributed by atoms with E-state index in [4.69, 9.17) is 4.74 Å². The summed E-state index contributed by atoms with van der Waals surface area (Å²) >= 11 is 4.82. The van der Waals surface area contributed by atoms with Gasteiger partial charge in [0.2, 0.25) is 11.0 Å². The first-order valence-electron chi connectivity index (χ1n) is 7.27. The van der Waals surface area contributed by atoms with E-state index < -0.39 is 0 Å². The van der Waals surface area contributed by atoms with Crippen molar-refractivity contribution in [1.82, 2.24) is 10.2 Å². The van der Waals surface area contributed by atoms with Crippen molar-refractivity contribution < 1.29 is 9.53 Å². The molecule has 122 valence electrons. The Balaban J connectivity index is 1.99. The number of anilines is 1. The summed E-state index contributed by atoms with van der Waals surface area (Å²) in [7, 11) is 1.60. The Morgan fingerprint density at radius 2 is 2.26 bits per heavy atom. The molecule has 5 nitrogen and oxygen atoms in total. The van der Waals surface area contributed by atoms with Crippen LogP contribution in [-0.4, -0.2) is 23.2 Å². The number of aryl methyl sites for hydroxylation is 1. The molecule has 1 aromatic carbocycles. The van der Waals surface area contributed by atoms with E-state index in [9.17, 15) is 4.79 Å². The van der Waals surface area contributed by atoms with Crippen LogP contribution in [0.4, 0.5) is 5.13 Å². The van der Waals surface area contributed by atoms with Gasteiger partial charge in [-0.15, -0.1) is 10.2 Å². The molecule has 0 spiro atoms. The number of methoxy groups -OCH3 is 1. The molecule has 0 bridgehead atoms. The summed E-state index contributed by atoms with van der Waals surface area (Å²) < 4.78 is 6.19. The number of carbonyl (C=O) groups is 1. The number of unbranched alkanes of at least 4 members (excludes halogenated alkanes) is 1. The van der Waals surface area contributed by atoms with E-state index in [1.165, 1.54) is 17.4 Å². The number of benzene rings is 1. The largest absolute Gasteiger partial charge is 0.496 e. The van der Waals surface area contributed by atoms with E-state index in [2.05, 4.69) is 38.4 Å². The lowest BCUT2D eigenvalue weighted by Gasteiger charge is -2.04. The number of aromatic nitrogens is 2. The topological polar surface area (TPSA) is 64.1 Å². The Morgan fingerprint density at radius 1 is 1.43 bits per heavy atom. The first-order chi connectivity index (χ1) is 11.1. The summed E-state index contributed by atoms with van der Waals surface area (Å²) in [6.45, 7) is 2.13. The number of hydrogen-bond donors (Lipinski definition) is 1. The number of carbonyl (C=O) groups excluding carboxylic acids is 1. The smallest absolute Gasteiger partial charge is 0.250 e. The van der Waals surface area contributed by atoms with E-state index in [-0.39, 0.29) is 5.91 Å². The standard InChI is InChI=1S/C16H18BrN3O2S/c1-3-4-5-15-19-20-16(23-15)18-14(21)9-6-11-10-12(17)7-8-13(11)22-2/h6-10H,3-5H2,1-2H3,(H,18,20,21)/b9-6+. The third kappa shape index (κ3) is 5.44. The fraction of sp³-hybridized carbons (Fsp3) is 0.312. The van der Waals surface area contributed by atoms with Crippen LogP contribution in [0.25, 0.3) is 6.08 Å². The highest BCUT2D eigenvalue weighted by Crippen LogP contribution is 2.24. The van der Waals surface area contributed by atoms with Crippen LogP contribution in [0.3, 0.4) is 0 Å². The fourth-order valence-electron chi connectivity index (χ4n) is 1.88. The second kappa shape index (κ2) is 8.79. The first-order valence-corrected chi connectivity index (χ1v) is 8.88. The van der Waals surface area contributed by atoms with Crippen molar-refractivity contribution in [1.29, 1.82) is 0 Å². The third-order valence-electron chi connectivity index (χ3n) is 3.05. The van der Waals surface area contributed by atoms with Crippen LogP contribution in [0.15, 0.2) is 28.7 Å². The van der Waals surface area contributed by atoms with Crippen LogP contribution in [0.1, 0.15) is 30.3 Å². The Morgan fingerprint density at radius 3 is 3.00 bits per heavy atom. The van der Waals surface area contributed by atoms with E-state index in [1.54, 1.807) is 13.2 Å². The van der Waals surface area contributed by atoms with Gasteiger partial charge in [0.05, 0.1) is 7.11 Å². The summed E-state index contributed by atoms with van der Waals surface area (Å²) in [5, 5.41) is 12.2. The second-order valence-corrected chi connectivity index (χ2v) is 6.79. The quantitative estimate of drug-likeness (QED) is 0.709. The number of nitrogens with one attached hydrogen (secondary N) is 1. The minimum atomic E-state index is -0.245. The predicted molar refractivity (Wildman–Crippen MR) is 96.9 cm³/mol. The fourth-order valence-corrected chi connectivity index (χ4v) is 3.04. The van der Waals surface area contributed by atoms with Crippen molar-refractivity contribution in [2.45, 2.75) is 26.2 Å². The van der Waals surface area contributed by atoms with Crippen molar-refractivity contribution in [3.63, 3.8) is 0 Å². The molecule has 7 heteroatoms. The Hall–Kier alpha value is -1.73. The predicted octanol–water partition coefficient (Wildman–Crippen LogP) is 4.30. The van der Waals surface area contributed by atoms with Crippen molar-refractivity contribution in [3.05, 3.63) is 39.3 Å². The molecule has 0 saturated heterocycles. The zero-order chi connectivity index (χ0) is 16.7. The molecular formula is C16H18BrN3O2S. The zero-order valence-corrected chi connectivity index (χ0v) is 15.4. The summed E-state index contributed by atoms with van der Waals surface area (Å²) in [5.74, 6) is 0.459. The highest BCUT2D eigenvalue weighted by Gasteiger charge is 2.06. The molecule has 0 atom stereocenters. The molecule has 2 rings (SSSR count). The monoisotopic (exact) mass is 395 g/mol. The number of halogens is 1. The minimum Gasteiger partial charge on any atom is -0.496 e. The van der Waals surface area contributed by atoms with Gasteiger partial charge in [0.25, 0.3) is 0 Å². The van der Waals surface area contributed by atoms with Gasteiger partial charge in [-0.1, -0.05) is 40.6 Å². The number of hydrogen-bond acceptors (Lipinski definition) is 5. The van der Waals surface area contributed by atoms with Crippen molar-refractivity contribution in [3.8, 4) is 5.75 Å². The van der Waals surface area contributed by atoms with Gasteiger partial charge >= 0.3 is 0 Å². The molecule has 23 heavy (non-hydrogen) atoms. The van der Waals surface area contributed by atoms with Gasteiger partial charge in [0, 0.05) is 22.5 Å². The van der Waals surface area contributed by atoms with E-state index in [0.717, 1.165) is 34.3 Å². The Kier molecular flexibility index (Phi) is 6.73. The van der Waals surface area contributed by atoms with Crippen LogP contribution < -0.4 is 10.1 Å². The van der Waals surface area contributed by atoms with Gasteiger partial charge in [0.15, 0.2) is 0 Å². The summed E-state index contributed by atoms with van der Waals surface area (Å²) in [5.41, 5.74) is 0.818. The lowest BCUT2D eigenvalue weighted by molar-refractivity contribution is -0.111. The molecule has 1 heterocycles. The number of amides is 1. The normalized spacial score (nSPS) is 10.9. The number of rotatable bonds is 7. The van der Waals surface area contributed by atoms with Crippen LogP contribution in [0.5, 0.6) is 5.75 Å². The SMILES string of the molecule is CCCCc1nnc(NC(=O)/C=C/c2cc(Br)ccc2OC)s1. The molecule has 1 amide bonds. The molecule has 0 unspecified atom stereocenters. The van der Waals surface area contributed by atoms with E-state index >= 15 is 0 Å². The molecule has 0 radical (unpaired) electrons. The summed E-state index contributed by atoms with van der Waals surface area (Å²) in [6.07, 6.45) is 6.24. The third-order valence-corrected chi connectivity index (χ3v) is 4.44. The van der Waals surface area contributed by atoms with Crippen LogP contribution in [-0.2, 0) is 11.2 Å². The average Bonchev–Trinajstić information content (AvgIpc) is 2.98. The number of nitrogens with zero attached hydrogens (tertiary/aromatic N) is 2. The molecule has 1 aromatic heterocycles. The highest BCUT2D eigenvalue weighted by atomic mass is 79.9. The minimum absolute atomic E-state index is 0.245. The molecule has 1 N–H and O–H groups in total. The van der Waals surface area contributed by atoms with Crippen LogP contribution >= 0.6 is 27.3 Å². The van der Waals surface area contributed by atoms with Crippen LogP contribution in [0, 0.1) is 0 Å². The highest BCUT2D eigenvalue weighted by molar-refractivity contribution is 9.10. The molecule has 0 aliphatic heterocycles. The maximum atomic E-state index is 12.0. The summed E-state index contributed by atoms with van der Waals surface area (Å²) in [4.78, 5) is 12.0. The van der Waals surface area contributed by atoms with Crippen molar-refractivity contribution in [2.24, 2.45) is 0 Å². The summed E-state index contributed by atoms with van der Waals surface area (Å²) in [6, 6.07) is 5.61. The lowest BCUT2D eigenvalue weighted by atomic mass is 10.2. The maximum Gasteiger partial charge on any atom is 0.250 e. The zero-order valence-electron chi connectivity index (χ0n) is 13.0. The Labute approximate surface area is 147 Å². The first kappa shape index (κ1) is 17.6. The average molecular weight is 396 g/mol. The van der Waals surface area contributed by atoms with E-state index in [0.29, 0.717) is 10.9 Å². The van der Waals surface area contributed by atoms with Gasteiger partial charge in [0.1, 0.15) is 10.8 Å². The van der Waals surface area contributed by atoms with Gasteiger partial charge in [-0.05, 0) is 30.7 Å². The number of ether oxygens (including phenoxy) is 1. The van der Waals surface area contributed by atoms with Crippen molar-refractivity contribution in [2.75, 3.05) is 12.4 Å². The second-order valence-electron chi connectivity index (χ2n) is 4.81. The van der Waals surface area contributed by atoms with Crippen LogP contribution in [0.2, 0.25) is 0 Å². The van der Waals surface area contributed by atoms with Crippen molar-refractivity contribution >= 4 is 44.4 Å². The molecule has 2 aromatic rings. The van der Waals surface area contributed by atoms with Gasteiger partial charge in [-0.25, -0.2) is 0 Å². The molecule has 0 saturated carbocycles. The molecule has 0 fully saturated rings. The van der Waals surface area contributed by atoms with Gasteiger partial charge < -0.3 is 4.74 Å². The van der Waals surface area contributed by atoms with Gasteiger partial charge in [-0.3, -0.25) is 10.1 Å².